The van der Waals surface area contributed by atoms with Gasteiger partial charge in [0.2, 0.25) is 5.91 Å². The van der Waals surface area contributed by atoms with Gasteiger partial charge in [-0.15, -0.1) is 0 Å². The van der Waals surface area contributed by atoms with Gasteiger partial charge >= 0.3 is 5.69 Å². The fourth-order valence-corrected chi connectivity index (χ4v) is 2.90. The standard InChI is InChI=1S/C16H25N3O6/c1-5-9-7-19(16(23)18-14(9)22)15-12(11(20)10(6-2)25-15)24-8(3)13(21)17-4/h7-8,10-12,15,20H,5-6H2,1-4H3,(H,17,21)(H,18,22,23). The van der Waals surface area contributed by atoms with Crippen LogP contribution in [-0.4, -0.2) is 52.0 Å². The lowest BCUT2D eigenvalue weighted by molar-refractivity contribution is -0.144. The number of nitrogens with one attached hydrogen (secondary N) is 2. The highest BCUT2D eigenvalue weighted by Gasteiger charge is 2.46. The number of H-pyrrole nitrogens is 1. The molecule has 25 heavy (non-hydrogen) atoms. The first-order chi connectivity index (χ1) is 11.8. The number of nitrogens with zero attached hydrogens (tertiary/aromatic N) is 1. The number of aliphatic hydroxyl groups excluding tert-OH is 1. The normalized spacial score (nSPS) is 27.2. The van der Waals surface area contributed by atoms with Gasteiger partial charge in [-0.25, -0.2) is 4.79 Å². The average Bonchev–Trinajstić information content (AvgIpc) is 2.90. The molecule has 1 aromatic heterocycles. The summed E-state index contributed by atoms with van der Waals surface area (Å²) in [7, 11) is 1.48. The van der Waals surface area contributed by atoms with Crippen molar-refractivity contribution >= 4 is 5.91 Å². The summed E-state index contributed by atoms with van der Waals surface area (Å²) < 4.78 is 12.7. The van der Waals surface area contributed by atoms with Gasteiger partial charge in [0.25, 0.3) is 5.56 Å². The van der Waals surface area contributed by atoms with E-state index in [1.807, 2.05) is 6.92 Å². The summed E-state index contributed by atoms with van der Waals surface area (Å²) in [4.78, 5) is 38.0. The minimum atomic E-state index is -1.01. The lowest BCUT2D eigenvalue weighted by atomic mass is 10.1. The summed E-state index contributed by atoms with van der Waals surface area (Å²) in [5, 5.41) is 13.0. The first kappa shape index (κ1) is 19.4. The van der Waals surface area contributed by atoms with Crippen LogP contribution in [0.15, 0.2) is 15.8 Å². The molecule has 0 radical (unpaired) electrons. The Bertz CT molecular complexity index is 727. The van der Waals surface area contributed by atoms with Gasteiger partial charge in [-0.05, 0) is 19.8 Å². The number of aliphatic hydroxyl groups is 1. The topological polar surface area (TPSA) is 123 Å². The third-order valence-electron chi connectivity index (χ3n) is 4.39. The number of carbonyl (C=O) groups excluding carboxylic acids is 1. The van der Waals surface area contributed by atoms with Gasteiger partial charge in [-0.1, -0.05) is 13.8 Å². The molecule has 5 unspecified atom stereocenters. The number of aryl methyl sites for hydroxylation is 1. The van der Waals surface area contributed by atoms with Gasteiger partial charge in [-0.2, -0.15) is 0 Å². The summed E-state index contributed by atoms with van der Waals surface area (Å²) in [6, 6.07) is 0. The van der Waals surface area contributed by atoms with Crippen LogP contribution < -0.4 is 16.6 Å². The highest BCUT2D eigenvalue weighted by Crippen LogP contribution is 2.33. The molecule has 0 aliphatic carbocycles. The maximum atomic E-state index is 12.2. The van der Waals surface area contributed by atoms with Crippen molar-refractivity contribution in [1.29, 1.82) is 0 Å². The fraction of sp³-hybridized carbons (Fsp3) is 0.688. The van der Waals surface area contributed by atoms with Gasteiger partial charge in [-0.3, -0.25) is 19.1 Å². The van der Waals surface area contributed by atoms with Crippen molar-refractivity contribution in [1.82, 2.24) is 14.9 Å². The van der Waals surface area contributed by atoms with Gasteiger partial charge in [0.05, 0.1) is 6.10 Å². The number of amides is 1. The van der Waals surface area contributed by atoms with E-state index in [-0.39, 0.29) is 5.91 Å². The van der Waals surface area contributed by atoms with E-state index in [4.69, 9.17) is 9.47 Å². The lowest BCUT2D eigenvalue weighted by Crippen LogP contribution is -2.44. The SMILES string of the molecule is CCc1cn(C2OC(CC)C(O)C2OC(C)C(=O)NC)c(=O)[nH]c1=O. The molecule has 5 atom stereocenters. The number of rotatable bonds is 6. The van der Waals surface area contributed by atoms with E-state index in [2.05, 4.69) is 10.3 Å². The van der Waals surface area contributed by atoms with Crippen molar-refractivity contribution in [3.8, 4) is 0 Å². The molecule has 140 valence electrons. The molecule has 2 heterocycles. The zero-order chi connectivity index (χ0) is 18.7. The summed E-state index contributed by atoms with van der Waals surface area (Å²) in [5.74, 6) is -0.353. The van der Waals surface area contributed by atoms with Crippen LogP contribution >= 0.6 is 0 Å². The lowest BCUT2D eigenvalue weighted by Gasteiger charge is -2.25. The summed E-state index contributed by atoms with van der Waals surface area (Å²) in [5.41, 5.74) is -0.696. The minimum Gasteiger partial charge on any atom is -0.388 e. The fourth-order valence-electron chi connectivity index (χ4n) is 2.90. The second-order valence-electron chi connectivity index (χ2n) is 6.00. The second kappa shape index (κ2) is 7.94. The van der Waals surface area contributed by atoms with Gasteiger partial charge in [0.1, 0.15) is 18.3 Å². The number of hydrogen-bond donors (Lipinski definition) is 3. The van der Waals surface area contributed by atoms with Crippen LogP contribution in [0.25, 0.3) is 0 Å². The van der Waals surface area contributed by atoms with Crippen molar-refractivity contribution in [2.75, 3.05) is 7.05 Å². The molecule has 2 rings (SSSR count). The zero-order valence-corrected chi connectivity index (χ0v) is 14.8. The molecular weight excluding hydrogens is 330 g/mol. The van der Waals surface area contributed by atoms with E-state index in [0.717, 1.165) is 0 Å². The van der Waals surface area contributed by atoms with Crippen molar-refractivity contribution < 1.29 is 19.4 Å². The Hall–Kier alpha value is -1.97. The van der Waals surface area contributed by atoms with Gasteiger partial charge in [0, 0.05) is 18.8 Å². The molecule has 1 fully saturated rings. The molecule has 1 aliphatic heterocycles. The third-order valence-corrected chi connectivity index (χ3v) is 4.39. The van der Waals surface area contributed by atoms with Crippen LogP contribution in [0, 0.1) is 0 Å². The predicted molar refractivity (Wildman–Crippen MR) is 89.3 cm³/mol. The Balaban J connectivity index is 2.41. The third kappa shape index (κ3) is 3.83. The molecule has 0 saturated carbocycles. The highest BCUT2D eigenvalue weighted by molar-refractivity contribution is 5.79. The molecule has 1 aromatic rings. The van der Waals surface area contributed by atoms with E-state index in [9.17, 15) is 19.5 Å². The van der Waals surface area contributed by atoms with Gasteiger partial charge in [0.15, 0.2) is 6.23 Å². The largest absolute Gasteiger partial charge is 0.388 e. The Morgan fingerprint density at radius 2 is 2.16 bits per heavy atom. The molecule has 1 saturated heterocycles. The van der Waals surface area contributed by atoms with E-state index in [1.54, 1.807) is 13.8 Å². The molecule has 3 N–H and O–H groups in total. The first-order valence-electron chi connectivity index (χ1n) is 8.38. The monoisotopic (exact) mass is 355 g/mol. The van der Waals surface area contributed by atoms with Crippen molar-refractivity contribution in [3.63, 3.8) is 0 Å². The van der Waals surface area contributed by atoms with Crippen LogP contribution in [0.2, 0.25) is 0 Å². The maximum Gasteiger partial charge on any atom is 0.330 e. The number of aromatic amines is 1. The van der Waals surface area contributed by atoms with E-state index < -0.39 is 41.9 Å². The maximum absolute atomic E-state index is 12.2. The van der Waals surface area contributed by atoms with Crippen LogP contribution in [0.3, 0.4) is 0 Å². The van der Waals surface area contributed by atoms with E-state index in [1.165, 1.54) is 17.8 Å². The average molecular weight is 355 g/mol. The molecule has 1 amide bonds. The van der Waals surface area contributed by atoms with Crippen LogP contribution in [0.5, 0.6) is 0 Å². The van der Waals surface area contributed by atoms with Crippen molar-refractivity contribution in [3.05, 3.63) is 32.6 Å². The summed E-state index contributed by atoms with van der Waals surface area (Å²) in [6.07, 6.45) is -1.91. The van der Waals surface area contributed by atoms with Crippen LogP contribution in [-0.2, 0) is 20.7 Å². The summed E-state index contributed by atoms with van der Waals surface area (Å²) >= 11 is 0. The minimum absolute atomic E-state index is 0.353. The number of ether oxygens (including phenoxy) is 2. The number of aromatic nitrogens is 2. The van der Waals surface area contributed by atoms with Crippen molar-refractivity contribution in [2.24, 2.45) is 0 Å². The van der Waals surface area contributed by atoms with Gasteiger partial charge < -0.3 is 19.9 Å². The smallest absolute Gasteiger partial charge is 0.330 e. The van der Waals surface area contributed by atoms with E-state index >= 15 is 0 Å². The Kier molecular flexibility index (Phi) is 6.15. The molecule has 9 nitrogen and oxygen atoms in total. The molecule has 0 aromatic carbocycles. The van der Waals surface area contributed by atoms with Crippen molar-refractivity contribution in [2.45, 2.75) is 64.3 Å². The van der Waals surface area contributed by atoms with E-state index in [0.29, 0.717) is 18.4 Å². The summed E-state index contributed by atoms with van der Waals surface area (Å²) in [6.45, 7) is 5.18. The second-order valence-corrected chi connectivity index (χ2v) is 6.00. The Morgan fingerprint density at radius 1 is 1.48 bits per heavy atom. The number of likely N-dealkylation sites (N-methyl/N-ethyl adjacent to an activating group) is 1. The molecule has 0 bridgehead atoms. The molecule has 1 aliphatic rings. The zero-order valence-electron chi connectivity index (χ0n) is 14.8. The molecule has 9 heteroatoms. The van der Waals surface area contributed by atoms with Crippen LogP contribution in [0.4, 0.5) is 0 Å². The predicted octanol–water partition coefficient (Wildman–Crippen LogP) is -0.713. The first-order valence-corrected chi connectivity index (χ1v) is 8.38. The number of carbonyl (C=O) groups is 1. The quantitative estimate of drug-likeness (QED) is 0.619. The Morgan fingerprint density at radius 3 is 2.72 bits per heavy atom. The molecule has 0 spiro atoms. The Labute approximate surface area is 145 Å². The number of hydrogen-bond acceptors (Lipinski definition) is 6. The molecular formula is C16H25N3O6. The van der Waals surface area contributed by atoms with Crippen LogP contribution in [0.1, 0.15) is 39.0 Å². The highest BCUT2D eigenvalue weighted by atomic mass is 16.6.